The smallest absolute Gasteiger partial charge is 0.336 e. The lowest BCUT2D eigenvalue weighted by molar-refractivity contribution is 0.0693. The molecule has 86 valence electrons. The molecule has 1 N–H and O–H groups in total. The molecule has 3 heteroatoms. The van der Waals surface area contributed by atoms with E-state index >= 15 is 0 Å². The van der Waals surface area contributed by atoms with Gasteiger partial charge in [0.15, 0.2) is 0 Å². The molecule has 1 aromatic carbocycles. The molecule has 0 bridgehead atoms. The Balaban J connectivity index is 2.26. The van der Waals surface area contributed by atoms with E-state index in [9.17, 15) is 4.79 Å². The molecular formula is C13H16O2S. The topological polar surface area (TPSA) is 37.3 Å². The minimum absolute atomic E-state index is 0.455. The summed E-state index contributed by atoms with van der Waals surface area (Å²) >= 11 is 1.75. The van der Waals surface area contributed by atoms with Gasteiger partial charge in [0, 0.05) is 10.1 Å². The summed E-state index contributed by atoms with van der Waals surface area (Å²) in [6, 6.07) is 5.51. The average Bonchev–Trinajstić information content (AvgIpc) is 2.73. The van der Waals surface area contributed by atoms with Crippen molar-refractivity contribution >= 4 is 17.7 Å². The molecular weight excluding hydrogens is 220 g/mol. The van der Waals surface area contributed by atoms with Crippen LogP contribution in [-0.4, -0.2) is 16.3 Å². The van der Waals surface area contributed by atoms with Crippen LogP contribution in [0.2, 0.25) is 0 Å². The molecule has 1 aliphatic rings. The average molecular weight is 236 g/mol. The van der Waals surface area contributed by atoms with Crippen LogP contribution in [0.5, 0.6) is 0 Å². The van der Waals surface area contributed by atoms with Crippen LogP contribution in [0.3, 0.4) is 0 Å². The minimum Gasteiger partial charge on any atom is -0.478 e. The summed E-state index contributed by atoms with van der Waals surface area (Å²) < 4.78 is 0. The number of thioether (sulfide) groups is 1. The van der Waals surface area contributed by atoms with Crippen molar-refractivity contribution < 1.29 is 9.90 Å². The number of hydrogen-bond acceptors (Lipinski definition) is 2. The van der Waals surface area contributed by atoms with Crippen LogP contribution >= 0.6 is 11.8 Å². The zero-order valence-electron chi connectivity index (χ0n) is 9.40. The Morgan fingerprint density at radius 1 is 1.38 bits per heavy atom. The SMILES string of the molecule is Cc1cccc(C(=O)O)c1SC1CCCC1. The summed E-state index contributed by atoms with van der Waals surface area (Å²) in [4.78, 5) is 12.1. The Kier molecular flexibility index (Phi) is 3.54. The zero-order chi connectivity index (χ0) is 11.5. The Morgan fingerprint density at radius 2 is 2.06 bits per heavy atom. The second-order valence-corrected chi connectivity index (χ2v) is 5.59. The summed E-state index contributed by atoms with van der Waals surface area (Å²) in [5, 5.41) is 9.76. The first-order valence-electron chi connectivity index (χ1n) is 5.68. The molecule has 0 unspecified atom stereocenters. The van der Waals surface area contributed by atoms with Crippen molar-refractivity contribution in [3.63, 3.8) is 0 Å². The summed E-state index contributed by atoms with van der Waals surface area (Å²) in [5.41, 5.74) is 1.54. The van der Waals surface area contributed by atoms with E-state index < -0.39 is 5.97 Å². The molecule has 16 heavy (non-hydrogen) atoms. The number of carboxylic acids is 1. The molecule has 0 amide bonds. The molecule has 0 atom stereocenters. The monoisotopic (exact) mass is 236 g/mol. The highest BCUT2D eigenvalue weighted by atomic mass is 32.2. The third-order valence-electron chi connectivity index (χ3n) is 3.03. The van der Waals surface area contributed by atoms with Crippen LogP contribution in [0.25, 0.3) is 0 Å². The van der Waals surface area contributed by atoms with Crippen molar-refractivity contribution in [1.29, 1.82) is 0 Å². The maximum Gasteiger partial charge on any atom is 0.336 e. The normalized spacial score (nSPS) is 16.6. The Hall–Kier alpha value is -0.960. The van der Waals surface area contributed by atoms with Crippen LogP contribution in [0.4, 0.5) is 0 Å². The predicted octanol–water partition coefficient (Wildman–Crippen LogP) is 3.73. The molecule has 1 fully saturated rings. The molecule has 1 aliphatic carbocycles. The molecule has 0 aromatic heterocycles. The molecule has 0 radical (unpaired) electrons. The highest BCUT2D eigenvalue weighted by Crippen LogP contribution is 2.37. The number of carbonyl (C=O) groups is 1. The lowest BCUT2D eigenvalue weighted by atomic mass is 10.1. The highest BCUT2D eigenvalue weighted by molar-refractivity contribution is 8.00. The summed E-state index contributed by atoms with van der Waals surface area (Å²) in [6.45, 7) is 1.99. The minimum atomic E-state index is -0.816. The van der Waals surface area contributed by atoms with E-state index in [1.54, 1.807) is 17.8 Å². The maximum absolute atomic E-state index is 11.1. The Labute approximate surface area is 100 Å². The number of aromatic carboxylic acids is 1. The number of aryl methyl sites for hydroxylation is 1. The Morgan fingerprint density at radius 3 is 2.69 bits per heavy atom. The van der Waals surface area contributed by atoms with Crippen molar-refractivity contribution in [2.45, 2.75) is 42.8 Å². The van der Waals surface area contributed by atoms with Gasteiger partial charge in [-0.1, -0.05) is 25.0 Å². The highest BCUT2D eigenvalue weighted by Gasteiger charge is 2.20. The second-order valence-electron chi connectivity index (χ2n) is 4.28. The Bertz CT molecular complexity index is 395. The van der Waals surface area contributed by atoms with Gasteiger partial charge >= 0.3 is 5.97 Å². The van der Waals surface area contributed by atoms with Crippen molar-refractivity contribution in [1.82, 2.24) is 0 Å². The number of hydrogen-bond donors (Lipinski definition) is 1. The van der Waals surface area contributed by atoms with Gasteiger partial charge in [-0.3, -0.25) is 0 Å². The first-order chi connectivity index (χ1) is 7.68. The third kappa shape index (κ3) is 2.40. The largest absolute Gasteiger partial charge is 0.478 e. The number of carboxylic acid groups (broad SMARTS) is 1. The fourth-order valence-corrected chi connectivity index (χ4v) is 3.59. The molecule has 1 saturated carbocycles. The van der Waals surface area contributed by atoms with Crippen LogP contribution in [-0.2, 0) is 0 Å². The van der Waals surface area contributed by atoms with Crippen molar-refractivity contribution in [2.24, 2.45) is 0 Å². The summed E-state index contributed by atoms with van der Waals surface area (Å²) in [5.74, 6) is -0.816. The fourth-order valence-electron chi connectivity index (χ4n) is 2.15. The van der Waals surface area contributed by atoms with Gasteiger partial charge in [0.05, 0.1) is 5.56 Å². The quantitative estimate of drug-likeness (QED) is 0.869. The van der Waals surface area contributed by atoms with E-state index in [1.807, 2.05) is 19.1 Å². The van der Waals surface area contributed by atoms with Gasteiger partial charge in [-0.2, -0.15) is 0 Å². The molecule has 2 rings (SSSR count). The van der Waals surface area contributed by atoms with Gasteiger partial charge in [0.25, 0.3) is 0 Å². The molecule has 2 nitrogen and oxygen atoms in total. The van der Waals surface area contributed by atoms with Crippen molar-refractivity contribution in [2.75, 3.05) is 0 Å². The van der Waals surface area contributed by atoms with E-state index in [2.05, 4.69) is 0 Å². The van der Waals surface area contributed by atoms with Gasteiger partial charge in [0.2, 0.25) is 0 Å². The maximum atomic E-state index is 11.1. The first kappa shape index (κ1) is 11.5. The van der Waals surface area contributed by atoms with Gasteiger partial charge in [-0.05, 0) is 31.4 Å². The standard InChI is InChI=1S/C13H16O2S/c1-9-5-4-8-11(13(14)15)12(9)16-10-6-2-3-7-10/h4-5,8,10H,2-3,6-7H2,1H3,(H,14,15). The van der Waals surface area contributed by atoms with Crippen LogP contribution < -0.4 is 0 Å². The van der Waals surface area contributed by atoms with Gasteiger partial charge < -0.3 is 5.11 Å². The zero-order valence-corrected chi connectivity index (χ0v) is 10.2. The van der Waals surface area contributed by atoms with E-state index in [0.717, 1.165) is 10.5 Å². The number of rotatable bonds is 3. The lowest BCUT2D eigenvalue weighted by Gasteiger charge is -2.13. The van der Waals surface area contributed by atoms with Crippen molar-refractivity contribution in [3.8, 4) is 0 Å². The molecule has 0 aliphatic heterocycles. The van der Waals surface area contributed by atoms with Crippen LogP contribution in [0.1, 0.15) is 41.6 Å². The van der Waals surface area contributed by atoms with E-state index in [1.165, 1.54) is 25.7 Å². The molecule has 0 spiro atoms. The van der Waals surface area contributed by atoms with Crippen LogP contribution in [0.15, 0.2) is 23.1 Å². The fraction of sp³-hybridized carbons (Fsp3) is 0.462. The summed E-state index contributed by atoms with van der Waals surface area (Å²) in [7, 11) is 0. The first-order valence-corrected chi connectivity index (χ1v) is 6.56. The predicted molar refractivity (Wildman–Crippen MR) is 66.3 cm³/mol. The lowest BCUT2D eigenvalue weighted by Crippen LogP contribution is -2.03. The van der Waals surface area contributed by atoms with Crippen molar-refractivity contribution in [3.05, 3.63) is 29.3 Å². The van der Waals surface area contributed by atoms with Gasteiger partial charge in [-0.15, -0.1) is 11.8 Å². The van der Waals surface area contributed by atoms with Crippen LogP contribution in [0, 0.1) is 6.92 Å². The van der Waals surface area contributed by atoms with Gasteiger partial charge in [-0.25, -0.2) is 4.79 Å². The van der Waals surface area contributed by atoms with Gasteiger partial charge in [0.1, 0.15) is 0 Å². The molecule has 0 heterocycles. The van der Waals surface area contributed by atoms with E-state index in [0.29, 0.717) is 10.8 Å². The summed E-state index contributed by atoms with van der Waals surface area (Å²) in [6.07, 6.45) is 5.01. The number of benzene rings is 1. The third-order valence-corrected chi connectivity index (χ3v) is 4.61. The second kappa shape index (κ2) is 4.91. The molecule has 0 saturated heterocycles. The van der Waals surface area contributed by atoms with E-state index in [4.69, 9.17) is 5.11 Å². The molecule has 1 aromatic rings. The van der Waals surface area contributed by atoms with E-state index in [-0.39, 0.29) is 0 Å².